The highest BCUT2D eigenvalue weighted by molar-refractivity contribution is 5.91. The van der Waals surface area contributed by atoms with Gasteiger partial charge in [-0.3, -0.25) is 4.79 Å². The van der Waals surface area contributed by atoms with Crippen LogP contribution in [0.25, 0.3) is 6.08 Å². The Hall–Kier alpha value is -2.30. The van der Waals surface area contributed by atoms with Gasteiger partial charge in [0.2, 0.25) is 0 Å². The number of benzene rings is 1. The minimum atomic E-state index is -0.528. The van der Waals surface area contributed by atoms with Crippen LogP contribution in [-0.2, 0) is 14.3 Å². The standard InChI is InChI=1S/C22H26O5/c1-26-19-9-14(2-4-18(19)23)3-5-21(25)27-13-20(24)22-10-15-6-16(11-22)8-17(7-15)12-22/h2-5,9,15-17,23H,6-8,10-13H2,1H3. The molecule has 0 aromatic heterocycles. The molecule has 0 atom stereocenters. The Balaban J connectivity index is 1.33. The van der Waals surface area contributed by atoms with Crippen molar-refractivity contribution in [1.82, 2.24) is 0 Å². The molecule has 4 aliphatic carbocycles. The molecule has 0 aliphatic heterocycles. The first-order chi connectivity index (χ1) is 13.0. The second-order valence-corrected chi connectivity index (χ2v) is 8.49. The summed E-state index contributed by atoms with van der Waals surface area (Å²) < 4.78 is 10.3. The zero-order valence-electron chi connectivity index (χ0n) is 15.6. The summed E-state index contributed by atoms with van der Waals surface area (Å²) in [5.74, 6) is 2.04. The first-order valence-corrected chi connectivity index (χ1v) is 9.72. The zero-order chi connectivity index (χ0) is 19.0. The third kappa shape index (κ3) is 3.60. The molecule has 4 fully saturated rings. The van der Waals surface area contributed by atoms with Crippen molar-refractivity contribution >= 4 is 17.8 Å². The van der Waals surface area contributed by atoms with Crippen LogP contribution >= 0.6 is 0 Å². The average molecular weight is 370 g/mol. The summed E-state index contributed by atoms with van der Waals surface area (Å²) in [6.07, 6.45) is 9.69. The fourth-order valence-electron chi connectivity index (χ4n) is 5.75. The maximum atomic E-state index is 12.9. The highest BCUT2D eigenvalue weighted by Gasteiger charge is 2.54. The Morgan fingerprint density at radius 3 is 2.37 bits per heavy atom. The first-order valence-electron chi connectivity index (χ1n) is 9.72. The van der Waals surface area contributed by atoms with E-state index < -0.39 is 5.97 Å². The summed E-state index contributed by atoms with van der Waals surface area (Å²) in [5, 5.41) is 9.60. The third-order valence-electron chi connectivity index (χ3n) is 6.59. The smallest absolute Gasteiger partial charge is 0.331 e. The number of aromatic hydroxyl groups is 1. The molecule has 5 heteroatoms. The molecule has 1 aromatic rings. The second-order valence-electron chi connectivity index (χ2n) is 8.49. The number of Topliss-reactive ketones (excluding diaryl/α,β-unsaturated/α-hetero) is 1. The number of hydrogen-bond acceptors (Lipinski definition) is 5. The van der Waals surface area contributed by atoms with Crippen molar-refractivity contribution in [3.05, 3.63) is 29.8 Å². The van der Waals surface area contributed by atoms with Gasteiger partial charge in [-0.25, -0.2) is 4.79 Å². The Morgan fingerprint density at radius 2 is 1.78 bits per heavy atom. The molecule has 0 saturated heterocycles. The van der Waals surface area contributed by atoms with E-state index in [0.717, 1.165) is 19.3 Å². The van der Waals surface area contributed by atoms with E-state index in [1.165, 1.54) is 38.5 Å². The molecule has 0 spiro atoms. The van der Waals surface area contributed by atoms with Crippen LogP contribution in [0.4, 0.5) is 0 Å². The molecule has 27 heavy (non-hydrogen) atoms. The van der Waals surface area contributed by atoms with Crippen LogP contribution in [0.3, 0.4) is 0 Å². The molecular weight excluding hydrogens is 344 g/mol. The molecule has 4 saturated carbocycles. The van der Waals surface area contributed by atoms with Gasteiger partial charge in [0.25, 0.3) is 0 Å². The van der Waals surface area contributed by atoms with Crippen LogP contribution in [0.1, 0.15) is 44.1 Å². The summed E-state index contributed by atoms with van der Waals surface area (Å²) >= 11 is 0. The lowest BCUT2D eigenvalue weighted by molar-refractivity contribution is -0.155. The van der Waals surface area contributed by atoms with Crippen molar-refractivity contribution in [2.24, 2.45) is 23.2 Å². The Morgan fingerprint density at radius 1 is 1.15 bits per heavy atom. The lowest BCUT2D eigenvalue weighted by Gasteiger charge is -2.55. The molecule has 5 nitrogen and oxygen atoms in total. The van der Waals surface area contributed by atoms with Crippen LogP contribution in [0, 0.1) is 23.2 Å². The lowest BCUT2D eigenvalue weighted by Crippen LogP contribution is -2.51. The number of carbonyl (C=O) groups is 2. The largest absolute Gasteiger partial charge is 0.504 e. The topological polar surface area (TPSA) is 72.8 Å². The van der Waals surface area contributed by atoms with Crippen LogP contribution in [0.2, 0.25) is 0 Å². The maximum absolute atomic E-state index is 12.9. The van der Waals surface area contributed by atoms with Gasteiger partial charge in [0.1, 0.15) is 0 Å². The maximum Gasteiger partial charge on any atom is 0.331 e. The number of hydrogen-bond donors (Lipinski definition) is 1. The van der Waals surface area contributed by atoms with E-state index in [9.17, 15) is 14.7 Å². The molecule has 1 aromatic carbocycles. The normalized spacial score (nSPS) is 31.2. The van der Waals surface area contributed by atoms with Gasteiger partial charge in [0.15, 0.2) is 23.9 Å². The highest BCUT2D eigenvalue weighted by atomic mass is 16.5. The summed E-state index contributed by atoms with van der Waals surface area (Å²) in [7, 11) is 1.47. The Bertz CT molecular complexity index is 744. The number of carbonyl (C=O) groups excluding carboxylic acids is 2. The van der Waals surface area contributed by atoms with E-state index in [4.69, 9.17) is 9.47 Å². The predicted octanol–water partition coefficient (Wildman–Crippen LogP) is 3.74. The van der Waals surface area contributed by atoms with Gasteiger partial charge >= 0.3 is 5.97 Å². The van der Waals surface area contributed by atoms with E-state index in [2.05, 4.69) is 0 Å². The van der Waals surface area contributed by atoms with E-state index in [1.807, 2.05) is 0 Å². The van der Waals surface area contributed by atoms with Gasteiger partial charge < -0.3 is 14.6 Å². The zero-order valence-corrected chi connectivity index (χ0v) is 15.6. The minimum Gasteiger partial charge on any atom is -0.504 e. The molecule has 1 N–H and O–H groups in total. The van der Waals surface area contributed by atoms with E-state index in [-0.39, 0.29) is 23.6 Å². The third-order valence-corrected chi connectivity index (χ3v) is 6.59. The molecule has 4 bridgehead atoms. The Kier molecular flexibility index (Phi) is 4.70. The molecular formula is C22H26O5. The second kappa shape index (κ2) is 7.02. The predicted molar refractivity (Wildman–Crippen MR) is 100 cm³/mol. The molecule has 4 aliphatic rings. The summed E-state index contributed by atoms with van der Waals surface area (Å²) in [6, 6.07) is 4.79. The van der Waals surface area contributed by atoms with Gasteiger partial charge in [-0.15, -0.1) is 0 Å². The van der Waals surface area contributed by atoms with Gasteiger partial charge in [0, 0.05) is 11.5 Å². The summed E-state index contributed by atoms with van der Waals surface area (Å²) in [5.41, 5.74) is 0.470. The van der Waals surface area contributed by atoms with Crippen molar-refractivity contribution in [3.8, 4) is 11.5 Å². The van der Waals surface area contributed by atoms with E-state index in [1.54, 1.807) is 18.2 Å². The highest BCUT2D eigenvalue weighted by Crippen LogP contribution is 2.60. The van der Waals surface area contributed by atoms with Crippen molar-refractivity contribution in [2.75, 3.05) is 13.7 Å². The number of ether oxygens (including phenoxy) is 2. The molecule has 0 radical (unpaired) electrons. The molecule has 5 rings (SSSR count). The SMILES string of the molecule is COc1cc(C=CC(=O)OCC(=O)C23CC4CC(CC(C4)C2)C3)ccc1O. The van der Waals surface area contributed by atoms with Crippen LogP contribution in [-0.4, -0.2) is 30.6 Å². The number of rotatable bonds is 6. The Labute approximate surface area is 159 Å². The quantitative estimate of drug-likeness (QED) is 0.610. The van der Waals surface area contributed by atoms with Gasteiger partial charge in [-0.2, -0.15) is 0 Å². The van der Waals surface area contributed by atoms with Crippen molar-refractivity contribution in [1.29, 1.82) is 0 Å². The molecule has 144 valence electrons. The molecule has 0 unspecified atom stereocenters. The van der Waals surface area contributed by atoms with E-state index in [0.29, 0.717) is 29.1 Å². The minimum absolute atomic E-state index is 0.0402. The van der Waals surface area contributed by atoms with Crippen LogP contribution in [0.5, 0.6) is 11.5 Å². The number of ketones is 1. The average Bonchev–Trinajstić information content (AvgIpc) is 2.64. The number of methoxy groups -OCH3 is 1. The van der Waals surface area contributed by atoms with Crippen LogP contribution in [0.15, 0.2) is 24.3 Å². The molecule has 0 heterocycles. The number of esters is 1. The van der Waals surface area contributed by atoms with Crippen molar-refractivity contribution < 1.29 is 24.2 Å². The number of phenols is 1. The van der Waals surface area contributed by atoms with Gasteiger partial charge in [-0.05, 0) is 80.1 Å². The van der Waals surface area contributed by atoms with Crippen LogP contribution < -0.4 is 4.74 Å². The van der Waals surface area contributed by atoms with Gasteiger partial charge in [0.05, 0.1) is 7.11 Å². The van der Waals surface area contributed by atoms with Gasteiger partial charge in [-0.1, -0.05) is 6.07 Å². The lowest BCUT2D eigenvalue weighted by atomic mass is 9.48. The summed E-state index contributed by atoms with van der Waals surface area (Å²) in [6.45, 7) is -0.131. The monoisotopic (exact) mass is 370 g/mol. The fraction of sp³-hybridized carbons (Fsp3) is 0.545. The molecule has 0 amide bonds. The first kappa shape index (κ1) is 18.1. The fourth-order valence-corrected chi connectivity index (χ4v) is 5.75. The van der Waals surface area contributed by atoms with Crippen molar-refractivity contribution in [2.45, 2.75) is 38.5 Å². The van der Waals surface area contributed by atoms with E-state index >= 15 is 0 Å². The van der Waals surface area contributed by atoms with Crippen molar-refractivity contribution in [3.63, 3.8) is 0 Å². The number of phenolic OH excluding ortho intramolecular Hbond substituents is 1. The summed E-state index contributed by atoms with van der Waals surface area (Å²) in [4.78, 5) is 24.9.